The van der Waals surface area contributed by atoms with Crippen LogP contribution in [0.15, 0.2) is 84.0 Å². The van der Waals surface area contributed by atoms with Gasteiger partial charge in [0.25, 0.3) is 0 Å². The summed E-state index contributed by atoms with van der Waals surface area (Å²) in [5, 5.41) is 10.2. The fourth-order valence-corrected chi connectivity index (χ4v) is 3.72. The van der Waals surface area contributed by atoms with Gasteiger partial charge in [0, 0.05) is 17.5 Å². The highest BCUT2D eigenvalue weighted by molar-refractivity contribution is 7.94. The van der Waals surface area contributed by atoms with Crippen molar-refractivity contribution in [3.8, 4) is 11.5 Å². The second kappa shape index (κ2) is 13.4. The maximum absolute atomic E-state index is 13.6. The molecule has 0 spiro atoms. The van der Waals surface area contributed by atoms with Crippen molar-refractivity contribution in [2.75, 3.05) is 13.2 Å². The zero-order valence-electron chi connectivity index (χ0n) is 20.6. The molecule has 1 N–H and O–H groups in total. The van der Waals surface area contributed by atoms with Crippen molar-refractivity contribution >= 4 is 23.5 Å². The fourth-order valence-electron chi connectivity index (χ4n) is 3.20. The number of oxime groups is 1. The first kappa shape index (κ1) is 29.9. The average molecular weight is 571 g/mol. The highest BCUT2D eigenvalue weighted by Crippen LogP contribution is 2.31. The molecule has 3 aromatic rings. The van der Waals surface area contributed by atoms with Gasteiger partial charge in [-0.2, -0.15) is 26.3 Å². The molecule has 0 amide bonds. The number of alkyl halides is 6. The molecule has 0 radical (unpaired) electrons. The van der Waals surface area contributed by atoms with E-state index in [4.69, 9.17) is 19.2 Å². The minimum Gasteiger partial charge on any atom is -0.493 e. The molecule has 12 heteroatoms. The Morgan fingerprint density at radius 2 is 1.28 bits per heavy atom. The van der Waals surface area contributed by atoms with E-state index in [0.717, 1.165) is 29.7 Å². The summed E-state index contributed by atoms with van der Waals surface area (Å²) >= 11 is 0.810. The number of nitrogens with zero attached hydrogens (tertiary/aromatic N) is 1. The Kier molecular flexibility index (Phi) is 10.3. The summed E-state index contributed by atoms with van der Waals surface area (Å²) in [4.78, 5) is 0. The fraction of sp³-hybridized carbons (Fsp3) is 0.259. The molecule has 208 valence electrons. The molecule has 39 heavy (non-hydrogen) atoms. The van der Waals surface area contributed by atoms with Crippen LogP contribution in [0, 0.1) is 5.41 Å². The highest BCUT2D eigenvalue weighted by atomic mass is 32.2. The van der Waals surface area contributed by atoms with E-state index < -0.39 is 23.8 Å². The predicted octanol–water partition coefficient (Wildman–Crippen LogP) is 8.16. The van der Waals surface area contributed by atoms with Gasteiger partial charge in [-0.3, -0.25) is 5.41 Å². The maximum atomic E-state index is 13.6. The molecule has 1 atom stereocenters. The van der Waals surface area contributed by atoms with Crippen molar-refractivity contribution in [3.05, 3.63) is 95.6 Å². The van der Waals surface area contributed by atoms with Crippen LogP contribution in [0.3, 0.4) is 0 Å². The normalized spacial score (nSPS) is 13.1. The molecule has 0 saturated heterocycles. The largest absolute Gasteiger partial charge is 0.493 e. The molecular weight excluding hydrogens is 546 g/mol. The van der Waals surface area contributed by atoms with E-state index in [2.05, 4.69) is 5.16 Å². The molecule has 0 saturated carbocycles. The van der Waals surface area contributed by atoms with Crippen LogP contribution < -0.4 is 9.47 Å². The number of rotatable bonds is 12. The number of benzene rings is 3. The van der Waals surface area contributed by atoms with Crippen LogP contribution in [0.5, 0.6) is 11.5 Å². The molecule has 0 aliphatic carbocycles. The molecule has 0 bridgehead atoms. The lowest BCUT2D eigenvalue weighted by Crippen LogP contribution is -2.24. The zero-order valence-corrected chi connectivity index (χ0v) is 21.4. The van der Waals surface area contributed by atoms with E-state index >= 15 is 0 Å². The smallest absolute Gasteiger partial charge is 0.437 e. The quantitative estimate of drug-likeness (QED) is 0.0785. The number of halogens is 6. The predicted molar refractivity (Wildman–Crippen MR) is 137 cm³/mol. The second-order valence-electron chi connectivity index (χ2n) is 8.13. The van der Waals surface area contributed by atoms with E-state index in [0.29, 0.717) is 17.9 Å². The van der Waals surface area contributed by atoms with E-state index in [1.54, 1.807) is 6.92 Å². The van der Waals surface area contributed by atoms with Crippen LogP contribution in [-0.4, -0.2) is 37.0 Å². The molecule has 0 aromatic heterocycles. The highest BCUT2D eigenvalue weighted by Gasteiger charge is 2.38. The Morgan fingerprint density at radius 3 is 1.77 bits per heavy atom. The zero-order chi connectivity index (χ0) is 28.5. The monoisotopic (exact) mass is 570 g/mol. The molecule has 3 aromatic carbocycles. The van der Waals surface area contributed by atoms with Crippen LogP contribution in [-0.2, 0) is 4.28 Å². The SMILES string of the molecule is C[C@@H](SO/N=C(/c1ccc(OCCCOc2ccc(C(=N)C(F)(F)F)cc2)cc1)C(F)(F)F)c1ccccc1. The van der Waals surface area contributed by atoms with Crippen molar-refractivity contribution in [1.29, 1.82) is 5.41 Å². The maximum Gasteiger partial charge on any atom is 0.437 e. The van der Waals surface area contributed by atoms with Crippen LogP contribution >= 0.6 is 12.0 Å². The topological polar surface area (TPSA) is 63.9 Å². The number of ether oxygens (including phenoxy) is 2. The van der Waals surface area contributed by atoms with E-state index in [1.807, 2.05) is 30.3 Å². The molecule has 3 rings (SSSR count). The second-order valence-corrected chi connectivity index (χ2v) is 9.18. The van der Waals surface area contributed by atoms with Gasteiger partial charge in [0.2, 0.25) is 0 Å². The Morgan fingerprint density at radius 1 is 0.769 bits per heavy atom. The van der Waals surface area contributed by atoms with Gasteiger partial charge in [0.15, 0.2) is 5.71 Å². The summed E-state index contributed by atoms with van der Waals surface area (Å²) in [6.07, 6.45) is -9.06. The van der Waals surface area contributed by atoms with Gasteiger partial charge in [-0.15, -0.1) is 0 Å². The van der Waals surface area contributed by atoms with Crippen LogP contribution in [0.25, 0.3) is 0 Å². The van der Waals surface area contributed by atoms with E-state index in [9.17, 15) is 26.3 Å². The summed E-state index contributed by atoms with van der Waals surface area (Å²) in [6, 6.07) is 19.3. The molecule has 0 heterocycles. The Balaban J connectivity index is 1.47. The number of nitrogens with one attached hydrogen (secondary N) is 1. The molecule has 0 aliphatic rings. The standard InChI is InChI=1S/C27H24F6N2O3S/c1-18(19-6-3-2-4-7-19)39-38-35-25(27(31,32)33)21-10-14-23(15-11-21)37-17-5-16-36-22-12-8-20(9-13-22)24(34)26(28,29)30/h2-4,6-15,18,34H,5,16-17H2,1H3/b34-24?,35-25-/t18-/m1/s1. The van der Waals surface area contributed by atoms with Crippen molar-refractivity contribution in [3.63, 3.8) is 0 Å². The average Bonchev–Trinajstić information content (AvgIpc) is 2.90. The molecule has 0 aliphatic heterocycles. The Hall–Kier alpha value is -3.67. The lowest BCUT2D eigenvalue weighted by atomic mass is 10.1. The Labute approximate surface area is 225 Å². The summed E-state index contributed by atoms with van der Waals surface area (Å²) in [6.45, 7) is 2.17. The third-order valence-corrected chi connectivity index (χ3v) is 5.96. The van der Waals surface area contributed by atoms with Crippen LogP contribution in [0.4, 0.5) is 26.3 Å². The first-order chi connectivity index (χ1) is 18.4. The molecular formula is C27H24F6N2O3S. The first-order valence-electron chi connectivity index (χ1n) is 11.6. The van der Waals surface area contributed by atoms with Gasteiger partial charge in [0.1, 0.15) is 17.2 Å². The van der Waals surface area contributed by atoms with Gasteiger partial charge in [-0.25, -0.2) is 0 Å². The lowest BCUT2D eigenvalue weighted by molar-refractivity contribution is -0.0601. The van der Waals surface area contributed by atoms with Gasteiger partial charge in [-0.1, -0.05) is 35.5 Å². The number of hydrogen-bond acceptors (Lipinski definition) is 6. The molecule has 0 fully saturated rings. The summed E-state index contributed by atoms with van der Waals surface area (Å²) in [7, 11) is 0. The van der Waals surface area contributed by atoms with Crippen molar-refractivity contribution in [2.45, 2.75) is 30.9 Å². The van der Waals surface area contributed by atoms with Gasteiger partial charge >= 0.3 is 12.4 Å². The van der Waals surface area contributed by atoms with Crippen LogP contribution in [0.2, 0.25) is 0 Å². The molecule has 0 unspecified atom stereocenters. The van der Waals surface area contributed by atoms with Crippen molar-refractivity contribution < 1.29 is 40.1 Å². The minimum absolute atomic E-state index is 0.187. The van der Waals surface area contributed by atoms with Crippen LogP contribution in [0.1, 0.15) is 35.3 Å². The number of hydrogen-bond donors (Lipinski definition) is 1. The van der Waals surface area contributed by atoms with E-state index in [-0.39, 0.29) is 29.6 Å². The van der Waals surface area contributed by atoms with Crippen molar-refractivity contribution in [2.24, 2.45) is 5.16 Å². The van der Waals surface area contributed by atoms with Crippen molar-refractivity contribution in [1.82, 2.24) is 0 Å². The summed E-state index contributed by atoms with van der Waals surface area (Å²) in [5.74, 6) is 0.666. The first-order valence-corrected chi connectivity index (χ1v) is 12.4. The van der Waals surface area contributed by atoms with Gasteiger partial charge in [-0.05, 0) is 61.0 Å². The van der Waals surface area contributed by atoms with E-state index in [1.165, 1.54) is 36.4 Å². The summed E-state index contributed by atoms with van der Waals surface area (Å²) in [5.41, 5.74) is -2.18. The minimum atomic E-state index is -4.73. The summed E-state index contributed by atoms with van der Waals surface area (Å²) < 4.78 is 94.4. The lowest BCUT2D eigenvalue weighted by Gasteiger charge is -2.13. The molecule has 5 nitrogen and oxygen atoms in total. The van der Waals surface area contributed by atoms with Gasteiger partial charge < -0.3 is 13.8 Å². The third kappa shape index (κ3) is 9.24. The van der Waals surface area contributed by atoms with Gasteiger partial charge in [0.05, 0.1) is 30.5 Å². The Bertz CT molecular complexity index is 1230. The third-order valence-electron chi connectivity index (χ3n) is 5.23.